The lowest BCUT2D eigenvalue weighted by atomic mass is 9.58. The molecule has 0 saturated carbocycles. The van der Waals surface area contributed by atoms with Crippen LogP contribution in [-0.2, 0) is 0 Å². The maximum Gasteiger partial charge on any atom is 0.343 e. The fraction of sp³-hybridized carbons (Fsp3) is 1.00. The van der Waals surface area contributed by atoms with Crippen molar-refractivity contribution in [2.75, 3.05) is 6.61 Å². The summed E-state index contributed by atoms with van der Waals surface area (Å²) < 4.78 is 70.8. The quantitative estimate of drug-likeness (QED) is 0.608. The van der Waals surface area contributed by atoms with E-state index in [0.717, 1.165) is 13.8 Å². The molecule has 0 aliphatic heterocycles. The molecular formula is C15H27F5O. The van der Waals surface area contributed by atoms with Gasteiger partial charge < -0.3 is 5.11 Å². The molecule has 0 aromatic rings. The van der Waals surface area contributed by atoms with Gasteiger partial charge in [-0.05, 0) is 38.5 Å². The average Bonchev–Trinajstić information content (AvgIpc) is 2.33. The highest BCUT2D eigenvalue weighted by molar-refractivity contribution is 5.08. The molecule has 0 saturated heterocycles. The fourth-order valence-corrected chi connectivity index (χ4v) is 2.55. The monoisotopic (exact) mass is 318 g/mol. The molecule has 0 aromatic carbocycles. The molecule has 1 N–H and O–H groups in total. The molecule has 1 nitrogen and oxygen atoms in total. The minimum atomic E-state index is -4.79. The highest BCUT2D eigenvalue weighted by Crippen LogP contribution is 2.61. The second-order valence-corrected chi connectivity index (χ2v) is 6.99. The summed E-state index contributed by atoms with van der Waals surface area (Å²) >= 11 is 0. The fourth-order valence-electron chi connectivity index (χ4n) is 2.55. The lowest BCUT2D eigenvalue weighted by Crippen LogP contribution is -2.63. The predicted octanol–water partition coefficient (Wildman–Crippen LogP) is 5.22. The Morgan fingerprint density at radius 1 is 0.810 bits per heavy atom. The van der Waals surface area contributed by atoms with Gasteiger partial charge in [0.05, 0.1) is 0 Å². The third-order valence-electron chi connectivity index (χ3n) is 5.10. The van der Waals surface area contributed by atoms with E-state index in [1.54, 1.807) is 6.92 Å². The molecule has 1 unspecified atom stereocenters. The van der Waals surface area contributed by atoms with Crippen LogP contribution in [0.4, 0.5) is 22.0 Å². The van der Waals surface area contributed by atoms with Crippen molar-refractivity contribution in [3.63, 3.8) is 0 Å². The summed E-state index contributed by atoms with van der Waals surface area (Å²) in [5.74, 6) is -9.32. The Balaban J connectivity index is 5.85. The molecular weight excluding hydrogens is 291 g/mol. The number of aliphatic hydroxyl groups is 1. The maximum absolute atomic E-state index is 14.5. The largest absolute Gasteiger partial charge is 0.396 e. The first kappa shape index (κ1) is 20.6. The number of halogens is 5. The Morgan fingerprint density at radius 2 is 1.24 bits per heavy atom. The van der Waals surface area contributed by atoms with Gasteiger partial charge in [0.15, 0.2) is 5.67 Å². The highest BCUT2D eigenvalue weighted by atomic mass is 19.3. The molecule has 0 heterocycles. The van der Waals surface area contributed by atoms with Gasteiger partial charge in [-0.25, -0.2) is 4.39 Å². The Labute approximate surface area is 123 Å². The van der Waals surface area contributed by atoms with Crippen LogP contribution in [0, 0.1) is 10.8 Å². The summed E-state index contributed by atoms with van der Waals surface area (Å²) in [4.78, 5) is 0. The Bertz CT molecular complexity index is 346. The standard InChI is InChI=1S/C15H27F5O/c1-7-13(6,9-8-10-21)11(2,3)14(17,18)15(19,20)12(4,5)16/h21H,7-10H2,1-6H3. The van der Waals surface area contributed by atoms with E-state index in [-0.39, 0.29) is 25.9 Å². The first-order chi connectivity index (χ1) is 9.12. The normalized spacial score (nSPS) is 17.7. The van der Waals surface area contributed by atoms with E-state index in [9.17, 15) is 22.0 Å². The minimum Gasteiger partial charge on any atom is -0.396 e. The van der Waals surface area contributed by atoms with Gasteiger partial charge in [0.25, 0.3) is 0 Å². The van der Waals surface area contributed by atoms with Crippen molar-refractivity contribution in [3.05, 3.63) is 0 Å². The molecule has 0 rings (SSSR count). The van der Waals surface area contributed by atoms with Crippen molar-refractivity contribution in [2.24, 2.45) is 10.8 Å². The van der Waals surface area contributed by atoms with E-state index in [2.05, 4.69) is 0 Å². The van der Waals surface area contributed by atoms with Crippen LogP contribution in [0.1, 0.15) is 60.8 Å². The molecule has 0 fully saturated rings. The summed E-state index contributed by atoms with van der Waals surface area (Å²) in [6.45, 7) is 5.94. The Morgan fingerprint density at radius 3 is 1.52 bits per heavy atom. The van der Waals surface area contributed by atoms with Gasteiger partial charge in [-0.15, -0.1) is 0 Å². The molecule has 0 amide bonds. The summed E-state index contributed by atoms with van der Waals surface area (Å²) in [6, 6.07) is 0. The maximum atomic E-state index is 14.5. The molecule has 1 atom stereocenters. The van der Waals surface area contributed by atoms with Crippen LogP contribution in [0.3, 0.4) is 0 Å². The van der Waals surface area contributed by atoms with Crippen molar-refractivity contribution >= 4 is 0 Å². The van der Waals surface area contributed by atoms with Crippen LogP contribution < -0.4 is 0 Å². The molecule has 128 valence electrons. The number of aliphatic hydroxyl groups excluding tert-OH is 1. The first-order valence-corrected chi connectivity index (χ1v) is 7.18. The van der Waals surface area contributed by atoms with Crippen molar-refractivity contribution in [2.45, 2.75) is 78.3 Å². The van der Waals surface area contributed by atoms with Crippen molar-refractivity contribution in [1.82, 2.24) is 0 Å². The molecule has 0 spiro atoms. The number of rotatable bonds is 8. The SMILES string of the molecule is CCC(C)(CCCO)C(C)(C)C(F)(F)C(F)(F)C(C)(C)F. The number of alkyl halides is 5. The molecule has 0 aliphatic rings. The van der Waals surface area contributed by atoms with Crippen LogP contribution in [0.2, 0.25) is 0 Å². The second kappa shape index (κ2) is 6.01. The summed E-state index contributed by atoms with van der Waals surface area (Å²) in [5, 5.41) is 8.89. The van der Waals surface area contributed by atoms with E-state index in [4.69, 9.17) is 5.11 Å². The zero-order valence-electron chi connectivity index (χ0n) is 13.7. The Hall–Kier alpha value is -0.390. The highest BCUT2D eigenvalue weighted by Gasteiger charge is 2.74. The van der Waals surface area contributed by atoms with Crippen LogP contribution in [0.25, 0.3) is 0 Å². The molecule has 0 aromatic heterocycles. The lowest BCUT2D eigenvalue weighted by molar-refractivity contribution is -0.322. The van der Waals surface area contributed by atoms with Crippen LogP contribution in [-0.4, -0.2) is 29.2 Å². The second-order valence-electron chi connectivity index (χ2n) is 6.99. The topological polar surface area (TPSA) is 20.2 Å². The van der Waals surface area contributed by atoms with Gasteiger partial charge in [-0.1, -0.05) is 27.7 Å². The third kappa shape index (κ3) is 3.20. The van der Waals surface area contributed by atoms with E-state index >= 15 is 0 Å². The minimum absolute atomic E-state index is 0.158. The van der Waals surface area contributed by atoms with Gasteiger partial charge >= 0.3 is 11.8 Å². The summed E-state index contributed by atoms with van der Waals surface area (Å²) in [5.41, 5.74) is -6.63. The van der Waals surface area contributed by atoms with Gasteiger partial charge in [0, 0.05) is 12.0 Å². The first-order valence-electron chi connectivity index (χ1n) is 7.18. The van der Waals surface area contributed by atoms with Gasteiger partial charge in [-0.3, -0.25) is 0 Å². The summed E-state index contributed by atoms with van der Waals surface area (Å²) in [6.07, 6.45) is 0.609. The van der Waals surface area contributed by atoms with Gasteiger partial charge in [0.1, 0.15) is 0 Å². The van der Waals surface area contributed by atoms with Crippen molar-refractivity contribution in [3.8, 4) is 0 Å². The molecule has 0 bridgehead atoms. The van der Waals surface area contributed by atoms with Gasteiger partial charge in [0.2, 0.25) is 0 Å². The molecule has 0 aliphatic carbocycles. The van der Waals surface area contributed by atoms with E-state index in [0.29, 0.717) is 13.8 Å². The van der Waals surface area contributed by atoms with E-state index in [1.807, 2.05) is 0 Å². The molecule has 0 radical (unpaired) electrons. The van der Waals surface area contributed by atoms with E-state index < -0.39 is 28.3 Å². The van der Waals surface area contributed by atoms with Crippen molar-refractivity contribution in [1.29, 1.82) is 0 Å². The molecule has 21 heavy (non-hydrogen) atoms. The van der Waals surface area contributed by atoms with Crippen LogP contribution in [0.5, 0.6) is 0 Å². The van der Waals surface area contributed by atoms with Crippen molar-refractivity contribution < 1.29 is 27.1 Å². The predicted molar refractivity (Wildman–Crippen MR) is 73.6 cm³/mol. The Kier molecular flexibility index (Phi) is 5.90. The van der Waals surface area contributed by atoms with Gasteiger partial charge in [-0.2, -0.15) is 17.6 Å². The zero-order chi connectivity index (χ0) is 17.3. The van der Waals surface area contributed by atoms with E-state index in [1.165, 1.54) is 6.92 Å². The average molecular weight is 318 g/mol. The van der Waals surface area contributed by atoms with Crippen LogP contribution >= 0.6 is 0 Å². The summed E-state index contributed by atoms with van der Waals surface area (Å²) in [7, 11) is 0. The third-order valence-corrected chi connectivity index (χ3v) is 5.10. The molecule has 6 heteroatoms. The number of hydrogen-bond acceptors (Lipinski definition) is 1. The zero-order valence-corrected chi connectivity index (χ0v) is 13.7. The van der Waals surface area contributed by atoms with Crippen LogP contribution in [0.15, 0.2) is 0 Å². The smallest absolute Gasteiger partial charge is 0.343 e. The lowest BCUT2D eigenvalue weighted by Gasteiger charge is -2.51. The number of hydrogen-bond donors (Lipinski definition) is 1.